The fourth-order valence-electron chi connectivity index (χ4n) is 3.26. The number of fused-ring (bicyclic) bond motifs is 1. The molecule has 0 aliphatic rings. The number of carbonyl (C=O) groups is 1. The van der Waals surface area contributed by atoms with Gasteiger partial charge < -0.3 is 14.5 Å². The molecule has 2 N–H and O–H groups in total. The van der Waals surface area contributed by atoms with Gasteiger partial charge in [-0.25, -0.2) is 14.2 Å². The molecule has 0 unspecified atom stereocenters. The minimum Gasteiger partial charge on any atom is -0.444 e. The molecule has 3 heterocycles. The first-order chi connectivity index (χ1) is 16.4. The first-order valence-corrected chi connectivity index (χ1v) is 10.4. The normalized spacial score (nSPS) is 11.7. The monoisotopic (exact) mass is 516 g/mol. The fourth-order valence-corrected chi connectivity index (χ4v) is 3.99. The van der Waals surface area contributed by atoms with E-state index in [2.05, 4.69) is 20.0 Å². The van der Waals surface area contributed by atoms with Gasteiger partial charge in [0.1, 0.15) is 11.1 Å². The van der Waals surface area contributed by atoms with E-state index >= 15 is 0 Å². The zero-order chi connectivity index (χ0) is 25.7. The van der Waals surface area contributed by atoms with Crippen LogP contribution in [0.25, 0.3) is 22.4 Å². The van der Waals surface area contributed by atoms with Gasteiger partial charge in [-0.05, 0) is 19.1 Å². The van der Waals surface area contributed by atoms with Crippen molar-refractivity contribution in [2.24, 2.45) is 7.05 Å². The molecule has 3 aromatic heterocycles. The summed E-state index contributed by atoms with van der Waals surface area (Å²) in [6.45, 7) is 1.51. The van der Waals surface area contributed by atoms with Crippen molar-refractivity contribution in [3.05, 3.63) is 61.3 Å². The first kappa shape index (κ1) is 24.1. The molecule has 0 spiro atoms. The number of furan rings is 1. The molecule has 0 fully saturated rings. The number of hydrogen-bond donors (Lipinski definition) is 2. The van der Waals surface area contributed by atoms with Crippen LogP contribution in [0.5, 0.6) is 5.75 Å². The van der Waals surface area contributed by atoms with Gasteiger partial charge in [-0.15, -0.1) is 24.5 Å². The molecule has 15 heteroatoms. The number of H-pyrrole nitrogens is 1. The number of aryl methyl sites for hydroxylation is 1. The molecular weight excluding hydrogens is 503 g/mol. The number of anilines is 1. The van der Waals surface area contributed by atoms with Crippen molar-refractivity contribution in [1.29, 1.82) is 0 Å². The Kier molecular flexibility index (Phi) is 5.96. The molecule has 9 nitrogen and oxygen atoms in total. The highest BCUT2D eigenvalue weighted by Crippen LogP contribution is 2.34. The van der Waals surface area contributed by atoms with E-state index < -0.39 is 46.5 Å². The summed E-state index contributed by atoms with van der Waals surface area (Å²) in [4.78, 5) is 43.1. The van der Waals surface area contributed by atoms with E-state index in [9.17, 15) is 36.3 Å². The van der Waals surface area contributed by atoms with E-state index in [1.54, 1.807) is 0 Å². The van der Waals surface area contributed by atoms with Crippen molar-refractivity contribution in [1.82, 2.24) is 14.5 Å². The summed E-state index contributed by atoms with van der Waals surface area (Å²) < 4.78 is 74.9. The molecule has 0 saturated heterocycles. The lowest BCUT2D eigenvalue weighted by Crippen LogP contribution is -2.32. The summed E-state index contributed by atoms with van der Waals surface area (Å²) in [7, 11) is 1.26. The van der Waals surface area contributed by atoms with Gasteiger partial charge in [-0.3, -0.25) is 19.1 Å². The Hall–Kier alpha value is -4.01. The molecule has 4 aromatic rings. The van der Waals surface area contributed by atoms with E-state index in [1.165, 1.54) is 19.4 Å². The highest BCUT2D eigenvalue weighted by Gasteiger charge is 2.33. The van der Waals surface area contributed by atoms with Gasteiger partial charge >= 0.3 is 12.1 Å². The van der Waals surface area contributed by atoms with Crippen LogP contribution in [0.1, 0.15) is 11.3 Å². The number of carbonyl (C=O) groups excluding carboxylic acids is 1. The zero-order valence-electron chi connectivity index (χ0n) is 17.7. The number of alkyl halides is 3. The number of aromatic amines is 1. The summed E-state index contributed by atoms with van der Waals surface area (Å²) in [5.74, 6) is -5.20. The van der Waals surface area contributed by atoms with Crippen molar-refractivity contribution >= 4 is 33.5 Å². The Bertz CT molecular complexity index is 1580. The maximum Gasteiger partial charge on any atom is 0.573 e. The molecule has 0 radical (unpaired) electrons. The fraction of sp³-hybridized carbons (Fsp3) is 0.200. The number of nitrogens with zero attached hydrogens (tertiary/aromatic N) is 2. The quantitative estimate of drug-likeness (QED) is 0.391. The Labute approximate surface area is 194 Å². The number of ether oxygens (including phenoxy) is 1. The van der Waals surface area contributed by atoms with E-state index in [1.807, 2.05) is 0 Å². The molecule has 0 aliphatic heterocycles. The van der Waals surface area contributed by atoms with Crippen molar-refractivity contribution in [2.75, 3.05) is 5.32 Å². The topological polar surface area (TPSA) is 119 Å². The van der Waals surface area contributed by atoms with Gasteiger partial charge in [-0.1, -0.05) is 0 Å². The molecule has 0 aliphatic carbocycles. The number of aromatic nitrogens is 3. The van der Waals surface area contributed by atoms with Crippen LogP contribution in [-0.2, 0) is 18.3 Å². The third-order valence-corrected chi connectivity index (χ3v) is 5.65. The van der Waals surface area contributed by atoms with Crippen LogP contribution in [0, 0.1) is 18.6 Å². The molecular formula is C20H13F5N4O5S. The number of thiazole rings is 1. The molecule has 1 amide bonds. The number of amides is 1. The summed E-state index contributed by atoms with van der Waals surface area (Å²) in [5, 5.41) is 3.71. The number of rotatable bonds is 5. The zero-order valence-corrected chi connectivity index (χ0v) is 18.5. The average Bonchev–Trinajstić information content (AvgIpc) is 3.33. The van der Waals surface area contributed by atoms with Gasteiger partial charge in [0.25, 0.3) is 5.56 Å². The molecule has 0 atom stereocenters. The molecule has 0 saturated carbocycles. The summed E-state index contributed by atoms with van der Waals surface area (Å²) in [6, 6.07) is 1.47. The first-order valence-electron chi connectivity index (χ1n) is 9.56. The number of halogens is 5. The minimum atomic E-state index is -5.20. The predicted octanol–water partition coefficient (Wildman–Crippen LogP) is 3.61. The van der Waals surface area contributed by atoms with Gasteiger partial charge in [0.05, 0.1) is 12.1 Å². The van der Waals surface area contributed by atoms with Crippen molar-refractivity contribution in [3.8, 4) is 17.0 Å². The van der Waals surface area contributed by atoms with E-state index in [0.29, 0.717) is 6.07 Å². The molecule has 4 rings (SSSR count). The van der Waals surface area contributed by atoms with Gasteiger partial charge in [0.15, 0.2) is 16.7 Å². The maximum atomic E-state index is 14.3. The average molecular weight is 516 g/mol. The Morgan fingerprint density at radius 3 is 2.66 bits per heavy atom. The van der Waals surface area contributed by atoms with Crippen molar-refractivity contribution in [2.45, 2.75) is 19.7 Å². The van der Waals surface area contributed by atoms with Crippen LogP contribution in [-0.4, -0.2) is 26.8 Å². The molecule has 1 aromatic carbocycles. The lowest BCUT2D eigenvalue weighted by atomic mass is 10.1. The van der Waals surface area contributed by atoms with Crippen LogP contribution >= 0.6 is 11.3 Å². The second-order valence-electron chi connectivity index (χ2n) is 7.19. The van der Waals surface area contributed by atoms with Crippen LogP contribution in [0.15, 0.2) is 31.5 Å². The third-order valence-electron chi connectivity index (χ3n) is 4.89. The van der Waals surface area contributed by atoms with E-state index in [0.717, 1.165) is 22.0 Å². The SMILES string of the molecule is Cc1oc2[nH]c(=O)n(C)c(=O)c2c1CC(=O)Nc1nc(-c2ccc(OC(F)(F)F)c(F)c2F)cs1. The maximum absolute atomic E-state index is 14.3. The van der Waals surface area contributed by atoms with Gasteiger partial charge in [-0.2, -0.15) is 4.39 Å². The highest BCUT2D eigenvalue weighted by molar-refractivity contribution is 7.14. The van der Waals surface area contributed by atoms with Crippen molar-refractivity contribution < 1.29 is 35.9 Å². The highest BCUT2D eigenvalue weighted by atomic mass is 32.1. The van der Waals surface area contributed by atoms with Crippen LogP contribution in [0.4, 0.5) is 27.1 Å². The van der Waals surface area contributed by atoms with E-state index in [-0.39, 0.29) is 39.7 Å². The van der Waals surface area contributed by atoms with Crippen LogP contribution in [0.2, 0.25) is 0 Å². The molecule has 184 valence electrons. The Balaban J connectivity index is 1.56. The standard InChI is InChI=1S/C20H13F5N4O5S/c1-7-9(13-16(33-7)28-19(32)29(2)17(13)31)5-12(30)27-18-26-10(6-35-18)8-3-4-11(15(22)14(8)21)34-20(23,24)25/h3-4,6H,5H2,1-2H3,(H,28,32)(H,26,27,30). The Morgan fingerprint density at radius 2 is 1.97 bits per heavy atom. The molecule has 0 bridgehead atoms. The summed E-state index contributed by atoms with van der Waals surface area (Å²) in [6.07, 6.45) is -5.54. The van der Waals surface area contributed by atoms with Crippen LogP contribution in [0.3, 0.4) is 0 Å². The second kappa shape index (κ2) is 8.65. The predicted molar refractivity (Wildman–Crippen MR) is 113 cm³/mol. The second-order valence-corrected chi connectivity index (χ2v) is 8.04. The number of nitrogens with one attached hydrogen (secondary N) is 2. The largest absolute Gasteiger partial charge is 0.573 e. The summed E-state index contributed by atoms with van der Waals surface area (Å²) >= 11 is 0.849. The smallest absolute Gasteiger partial charge is 0.444 e. The van der Waals surface area contributed by atoms with Crippen molar-refractivity contribution in [3.63, 3.8) is 0 Å². The van der Waals surface area contributed by atoms with Gasteiger partial charge in [0, 0.05) is 23.6 Å². The third kappa shape index (κ3) is 4.66. The van der Waals surface area contributed by atoms with Gasteiger partial charge in [0.2, 0.25) is 17.4 Å². The minimum absolute atomic E-state index is 0.0211. The lowest BCUT2D eigenvalue weighted by Gasteiger charge is -2.11. The Morgan fingerprint density at radius 1 is 1.26 bits per heavy atom. The van der Waals surface area contributed by atoms with Crippen LogP contribution < -0.4 is 21.3 Å². The lowest BCUT2D eigenvalue weighted by molar-refractivity contribution is -0.275. The summed E-state index contributed by atoms with van der Waals surface area (Å²) in [5.41, 5.74) is -1.78. The number of benzene rings is 1. The number of hydrogen-bond acceptors (Lipinski definition) is 7. The molecule has 35 heavy (non-hydrogen) atoms. The van der Waals surface area contributed by atoms with E-state index in [4.69, 9.17) is 4.42 Å².